The molecular weight excluding hydrogens is 210 g/mol. The number of rotatable bonds is 6. The zero-order valence-corrected chi connectivity index (χ0v) is 11.0. The molecule has 0 spiro atoms. The van der Waals surface area contributed by atoms with Gasteiger partial charge in [-0.3, -0.25) is 0 Å². The summed E-state index contributed by atoms with van der Waals surface area (Å²) in [5.41, 5.74) is 4.22. The predicted molar refractivity (Wildman–Crippen MR) is 71.0 cm³/mol. The van der Waals surface area contributed by atoms with E-state index in [0.29, 0.717) is 6.04 Å². The summed E-state index contributed by atoms with van der Waals surface area (Å²) in [5, 5.41) is 3.45. The van der Waals surface area contributed by atoms with Gasteiger partial charge >= 0.3 is 0 Å². The van der Waals surface area contributed by atoms with Crippen LogP contribution < -0.4 is 5.32 Å². The van der Waals surface area contributed by atoms with Crippen LogP contribution in [-0.4, -0.2) is 12.6 Å². The van der Waals surface area contributed by atoms with Crippen molar-refractivity contribution in [2.45, 2.75) is 52.4 Å². The number of aryl methyl sites for hydroxylation is 1. The van der Waals surface area contributed by atoms with Crippen molar-refractivity contribution in [1.29, 1.82) is 0 Å². The molecule has 1 N–H and O–H groups in total. The fraction of sp³-hybridized carbons (Fsp3) is 0.600. The third-order valence-corrected chi connectivity index (χ3v) is 3.23. The van der Waals surface area contributed by atoms with Gasteiger partial charge in [0.05, 0.1) is 13.2 Å². The topological polar surface area (TPSA) is 21.3 Å². The summed E-state index contributed by atoms with van der Waals surface area (Å²) >= 11 is 0. The molecule has 0 aromatic heterocycles. The summed E-state index contributed by atoms with van der Waals surface area (Å²) in [6, 6.07) is 7.40. The van der Waals surface area contributed by atoms with E-state index >= 15 is 0 Å². The maximum Gasteiger partial charge on any atom is 0.0725 e. The van der Waals surface area contributed by atoms with Crippen molar-refractivity contribution >= 4 is 0 Å². The van der Waals surface area contributed by atoms with Gasteiger partial charge < -0.3 is 10.1 Å². The van der Waals surface area contributed by atoms with Crippen molar-refractivity contribution in [2.24, 2.45) is 0 Å². The highest BCUT2D eigenvalue weighted by molar-refractivity contribution is 5.33. The number of hydrogen-bond donors (Lipinski definition) is 1. The number of fused-ring (bicyclic) bond motifs is 1. The van der Waals surface area contributed by atoms with Crippen LogP contribution in [0.5, 0.6) is 0 Å². The molecule has 2 rings (SSSR count). The van der Waals surface area contributed by atoms with E-state index in [2.05, 4.69) is 37.4 Å². The highest BCUT2D eigenvalue weighted by Crippen LogP contribution is 2.21. The van der Waals surface area contributed by atoms with Crippen molar-refractivity contribution in [3.8, 4) is 0 Å². The standard InChI is InChI=1S/C15H23NO/c1-12(2)16-8-4-3-5-13-6-7-14-10-17-11-15(14)9-13/h6-7,9,12,16H,3-5,8,10-11H2,1-2H3. The molecule has 2 nitrogen and oxygen atoms in total. The van der Waals surface area contributed by atoms with Gasteiger partial charge in [-0.05, 0) is 42.5 Å². The van der Waals surface area contributed by atoms with Crippen LogP contribution in [0.3, 0.4) is 0 Å². The van der Waals surface area contributed by atoms with Crippen LogP contribution in [0.2, 0.25) is 0 Å². The van der Waals surface area contributed by atoms with Crippen LogP contribution in [0, 0.1) is 0 Å². The summed E-state index contributed by atoms with van der Waals surface area (Å²) in [5.74, 6) is 0. The molecule has 17 heavy (non-hydrogen) atoms. The average molecular weight is 233 g/mol. The van der Waals surface area contributed by atoms with Crippen molar-refractivity contribution < 1.29 is 4.74 Å². The first-order chi connectivity index (χ1) is 8.25. The quantitative estimate of drug-likeness (QED) is 0.763. The van der Waals surface area contributed by atoms with Crippen LogP contribution in [0.15, 0.2) is 18.2 Å². The second kappa shape index (κ2) is 6.18. The van der Waals surface area contributed by atoms with Gasteiger partial charge in [-0.25, -0.2) is 0 Å². The Kier molecular flexibility index (Phi) is 4.57. The SMILES string of the molecule is CC(C)NCCCCc1ccc2c(c1)COC2. The van der Waals surface area contributed by atoms with E-state index in [4.69, 9.17) is 4.74 Å². The van der Waals surface area contributed by atoms with Crippen molar-refractivity contribution in [1.82, 2.24) is 5.32 Å². The average Bonchev–Trinajstić information content (AvgIpc) is 2.75. The minimum Gasteiger partial charge on any atom is -0.372 e. The zero-order valence-electron chi connectivity index (χ0n) is 11.0. The van der Waals surface area contributed by atoms with E-state index in [1.54, 1.807) is 0 Å². The largest absolute Gasteiger partial charge is 0.372 e. The molecule has 0 saturated heterocycles. The monoisotopic (exact) mass is 233 g/mol. The molecule has 1 aromatic rings. The molecule has 0 amide bonds. The Morgan fingerprint density at radius 2 is 2.00 bits per heavy atom. The van der Waals surface area contributed by atoms with E-state index in [1.165, 1.54) is 36.0 Å². The summed E-state index contributed by atoms with van der Waals surface area (Å²) in [4.78, 5) is 0. The maximum absolute atomic E-state index is 5.43. The highest BCUT2D eigenvalue weighted by atomic mass is 16.5. The lowest BCUT2D eigenvalue weighted by atomic mass is 10.0. The molecule has 1 heterocycles. The van der Waals surface area contributed by atoms with Crippen LogP contribution in [0.4, 0.5) is 0 Å². The van der Waals surface area contributed by atoms with Gasteiger partial charge in [0.2, 0.25) is 0 Å². The molecular formula is C15H23NO. The maximum atomic E-state index is 5.43. The van der Waals surface area contributed by atoms with E-state index in [-0.39, 0.29) is 0 Å². The molecule has 0 bridgehead atoms. The molecule has 0 saturated carbocycles. The van der Waals surface area contributed by atoms with Crippen LogP contribution in [-0.2, 0) is 24.4 Å². The number of unbranched alkanes of at least 4 members (excludes halogenated alkanes) is 1. The first-order valence-electron chi connectivity index (χ1n) is 6.67. The minimum atomic E-state index is 0.604. The van der Waals surface area contributed by atoms with Gasteiger partial charge in [0.25, 0.3) is 0 Å². The summed E-state index contributed by atoms with van der Waals surface area (Å²) in [7, 11) is 0. The Hall–Kier alpha value is -0.860. The first-order valence-corrected chi connectivity index (χ1v) is 6.67. The van der Waals surface area contributed by atoms with Gasteiger partial charge in [0.15, 0.2) is 0 Å². The molecule has 0 radical (unpaired) electrons. The van der Waals surface area contributed by atoms with Gasteiger partial charge in [0.1, 0.15) is 0 Å². The predicted octanol–water partition coefficient (Wildman–Crippen LogP) is 3.04. The Balaban J connectivity index is 1.72. The Morgan fingerprint density at radius 1 is 1.18 bits per heavy atom. The summed E-state index contributed by atoms with van der Waals surface area (Å²) in [6.45, 7) is 7.12. The molecule has 0 unspecified atom stereocenters. The lowest BCUT2D eigenvalue weighted by molar-refractivity contribution is 0.134. The summed E-state index contributed by atoms with van der Waals surface area (Å²) < 4.78 is 5.43. The molecule has 0 aliphatic carbocycles. The fourth-order valence-corrected chi connectivity index (χ4v) is 2.23. The van der Waals surface area contributed by atoms with Crippen molar-refractivity contribution in [2.75, 3.05) is 6.54 Å². The molecule has 1 aliphatic heterocycles. The molecule has 94 valence electrons. The van der Waals surface area contributed by atoms with Crippen LogP contribution in [0.1, 0.15) is 43.4 Å². The Morgan fingerprint density at radius 3 is 2.82 bits per heavy atom. The van der Waals surface area contributed by atoms with Gasteiger partial charge in [-0.15, -0.1) is 0 Å². The van der Waals surface area contributed by atoms with Gasteiger partial charge in [-0.1, -0.05) is 32.0 Å². The molecule has 1 aliphatic rings. The Bertz CT molecular complexity index is 360. The van der Waals surface area contributed by atoms with E-state index < -0.39 is 0 Å². The van der Waals surface area contributed by atoms with Crippen LogP contribution in [0.25, 0.3) is 0 Å². The third kappa shape index (κ3) is 3.83. The third-order valence-electron chi connectivity index (χ3n) is 3.23. The lowest BCUT2D eigenvalue weighted by Gasteiger charge is -2.08. The molecule has 0 fully saturated rings. The number of hydrogen-bond acceptors (Lipinski definition) is 2. The second-order valence-electron chi connectivity index (χ2n) is 5.16. The normalized spacial score (nSPS) is 14.3. The van der Waals surface area contributed by atoms with Gasteiger partial charge in [-0.2, -0.15) is 0 Å². The number of benzene rings is 1. The summed E-state index contributed by atoms with van der Waals surface area (Å²) in [6.07, 6.45) is 3.71. The fourth-order valence-electron chi connectivity index (χ4n) is 2.23. The molecule has 1 aromatic carbocycles. The van der Waals surface area contributed by atoms with E-state index in [1.807, 2.05) is 0 Å². The Labute approximate surface area is 104 Å². The highest BCUT2D eigenvalue weighted by Gasteiger charge is 2.10. The molecule has 2 heteroatoms. The minimum absolute atomic E-state index is 0.604. The number of ether oxygens (including phenoxy) is 1. The van der Waals surface area contributed by atoms with E-state index in [9.17, 15) is 0 Å². The first kappa shape index (κ1) is 12.6. The molecule has 0 atom stereocenters. The second-order valence-corrected chi connectivity index (χ2v) is 5.16. The van der Waals surface area contributed by atoms with E-state index in [0.717, 1.165) is 19.8 Å². The lowest BCUT2D eigenvalue weighted by Crippen LogP contribution is -2.23. The zero-order chi connectivity index (χ0) is 12.1. The number of nitrogens with one attached hydrogen (secondary N) is 1. The smallest absolute Gasteiger partial charge is 0.0725 e. The van der Waals surface area contributed by atoms with Gasteiger partial charge in [0, 0.05) is 6.04 Å². The van der Waals surface area contributed by atoms with Crippen LogP contribution >= 0.6 is 0 Å². The van der Waals surface area contributed by atoms with Crippen molar-refractivity contribution in [3.05, 3.63) is 34.9 Å². The van der Waals surface area contributed by atoms with Crippen molar-refractivity contribution in [3.63, 3.8) is 0 Å².